The van der Waals surface area contributed by atoms with Crippen molar-refractivity contribution in [1.82, 2.24) is 19.6 Å². The van der Waals surface area contributed by atoms with E-state index in [1.54, 1.807) is 4.68 Å². The molecule has 25 heavy (non-hydrogen) atoms. The number of β-amino-alcohol motifs (C(OH)–C–C–N with tert-alkyl or cyclic N) is 1. The van der Waals surface area contributed by atoms with Gasteiger partial charge in [-0.15, -0.1) is 0 Å². The second-order valence-corrected chi connectivity index (χ2v) is 6.66. The first-order valence-electron chi connectivity index (χ1n) is 8.88. The lowest BCUT2D eigenvalue weighted by atomic mass is 10.1. The highest BCUT2D eigenvalue weighted by Crippen LogP contribution is 2.13. The first-order chi connectivity index (χ1) is 12.1. The molecule has 2 heterocycles. The maximum Gasteiger partial charge on any atom is 0.253 e. The number of aromatic nitrogens is 2. The fourth-order valence-electron chi connectivity index (χ4n) is 3.05. The molecule has 1 atom stereocenters. The Hall–Kier alpha value is -2.18. The number of aliphatic hydroxyl groups excluding tert-OH is 1. The molecule has 1 unspecified atom stereocenters. The summed E-state index contributed by atoms with van der Waals surface area (Å²) >= 11 is 0. The molecule has 134 valence electrons. The quantitative estimate of drug-likeness (QED) is 0.899. The summed E-state index contributed by atoms with van der Waals surface area (Å²) in [6.45, 7) is 7.71. The van der Waals surface area contributed by atoms with Crippen molar-refractivity contribution in [3.63, 3.8) is 0 Å². The Morgan fingerprint density at radius 1 is 1.20 bits per heavy atom. The Morgan fingerprint density at radius 2 is 1.88 bits per heavy atom. The van der Waals surface area contributed by atoms with Gasteiger partial charge in [0, 0.05) is 44.5 Å². The molecule has 2 aromatic rings. The monoisotopic (exact) mass is 342 g/mol. The Labute approximate surface area is 148 Å². The smallest absolute Gasteiger partial charge is 0.253 e. The number of carbonyl (C=O) groups is 1. The number of rotatable bonds is 5. The lowest BCUT2D eigenvalue weighted by molar-refractivity contribution is 0.0524. The molecule has 1 amide bonds. The number of piperazine rings is 1. The zero-order valence-electron chi connectivity index (χ0n) is 14.9. The molecule has 1 N–H and O–H groups in total. The predicted molar refractivity (Wildman–Crippen MR) is 96.9 cm³/mol. The average Bonchev–Trinajstić information content (AvgIpc) is 3.08. The van der Waals surface area contributed by atoms with Crippen LogP contribution in [-0.4, -0.2) is 69.4 Å². The molecule has 3 rings (SSSR count). The number of aliphatic hydroxyl groups is 1. The molecule has 0 spiro atoms. The highest BCUT2D eigenvalue weighted by Gasteiger charge is 2.23. The standard InChI is InChI=1S/C19H26N4O2/c1-3-18(24)14-21-8-10-22(11-9-21)19(25)16-4-6-17(7-5-16)23-13-15(2)12-20-23/h4-7,12-13,18,24H,3,8-11,14H2,1-2H3. The van der Waals surface area contributed by atoms with Crippen molar-refractivity contribution in [3.05, 3.63) is 47.8 Å². The van der Waals surface area contributed by atoms with Crippen molar-refractivity contribution < 1.29 is 9.90 Å². The van der Waals surface area contributed by atoms with Crippen molar-refractivity contribution in [2.75, 3.05) is 32.7 Å². The second kappa shape index (κ2) is 7.80. The zero-order valence-corrected chi connectivity index (χ0v) is 14.9. The highest BCUT2D eigenvalue weighted by atomic mass is 16.3. The van der Waals surface area contributed by atoms with Crippen LogP contribution < -0.4 is 0 Å². The van der Waals surface area contributed by atoms with E-state index < -0.39 is 0 Å². The van der Waals surface area contributed by atoms with Crippen LogP contribution in [0.4, 0.5) is 0 Å². The Kier molecular flexibility index (Phi) is 5.50. The summed E-state index contributed by atoms with van der Waals surface area (Å²) < 4.78 is 1.81. The van der Waals surface area contributed by atoms with E-state index in [1.165, 1.54) is 0 Å². The average molecular weight is 342 g/mol. The molecule has 1 fully saturated rings. The van der Waals surface area contributed by atoms with Gasteiger partial charge in [0.05, 0.1) is 18.0 Å². The maximum atomic E-state index is 12.7. The van der Waals surface area contributed by atoms with Crippen molar-refractivity contribution >= 4 is 5.91 Å². The number of hydrogen-bond donors (Lipinski definition) is 1. The van der Waals surface area contributed by atoms with Crippen LogP contribution in [0.15, 0.2) is 36.7 Å². The molecule has 1 aliphatic rings. The Balaban J connectivity index is 1.58. The number of benzene rings is 1. The lowest BCUT2D eigenvalue weighted by Gasteiger charge is -2.35. The van der Waals surface area contributed by atoms with Crippen LogP contribution in [0.2, 0.25) is 0 Å². The van der Waals surface area contributed by atoms with E-state index in [2.05, 4.69) is 10.00 Å². The summed E-state index contributed by atoms with van der Waals surface area (Å²) in [6, 6.07) is 7.57. The minimum atomic E-state index is -0.277. The fourth-order valence-corrected chi connectivity index (χ4v) is 3.05. The van der Waals surface area contributed by atoms with Crippen molar-refractivity contribution in [2.45, 2.75) is 26.4 Å². The van der Waals surface area contributed by atoms with Gasteiger partial charge in [-0.1, -0.05) is 6.92 Å². The number of aryl methyl sites for hydroxylation is 1. The van der Waals surface area contributed by atoms with Crippen LogP contribution in [0.1, 0.15) is 29.3 Å². The van der Waals surface area contributed by atoms with Gasteiger partial charge in [0.1, 0.15) is 0 Å². The van der Waals surface area contributed by atoms with E-state index in [4.69, 9.17) is 0 Å². The van der Waals surface area contributed by atoms with Gasteiger partial charge in [-0.25, -0.2) is 4.68 Å². The predicted octanol–water partition coefficient (Wildman–Crippen LogP) is 1.71. The van der Waals surface area contributed by atoms with Crippen molar-refractivity contribution in [3.8, 4) is 5.69 Å². The van der Waals surface area contributed by atoms with E-state index in [-0.39, 0.29) is 12.0 Å². The number of amides is 1. The summed E-state index contributed by atoms with van der Waals surface area (Å²) in [4.78, 5) is 16.8. The highest BCUT2D eigenvalue weighted by molar-refractivity contribution is 5.94. The maximum absolute atomic E-state index is 12.7. The minimum Gasteiger partial charge on any atom is -0.392 e. The van der Waals surface area contributed by atoms with Crippen LogP contribution >= 0.6 is 0 Å². The molecule has 6 heteroatoms. The lowest BCUT2D eigenvalue weighted by Crippen LogP contribution is -2.50. The topological polar surface area (TPSA) is 61.6 Å². The summed E-state index contributed by atoms with van der Waals surface area (Å²) in [7, 11) is 0. The van der Waals surface area contributed by atoms with Crippen molar-refractivity contribution in [2.24, 2.45) is 0 Å². The molecule has 6 nitrogen and oxygen atoms in total. The van der Waals surface area contributed by atoms with Crippen LogP contribution in [0, 0.1) is 6.92 Å². The van der Waals surface area contributed by atoms with Gasteiger partial charge in [0.25, 0.3) is 5.91 Å². The third-order valence-electron chi connectivity index (χ3n) is 4.69. The fraction of sp³-hybridized carbons (Fsp3) is 0.474. The second-order valence-electron chi connectivity index (χ2n) is 6.66. The van der Waals surface area contributed by atoms with Gasteiger partial charge >= 0.3 is 0 Å². The SMILES string of the molecule is CCC(O)CN1CCN(C(=O)c2ccc(-n3cc(C)cn3)cc2)CC1. The largest absolute Gasteiger partial charge is 0.392 e. The van der Waals surface area contributed by atoms with E-state index in [0.29, 0.717) is 25.2 Å². The van der Waals surface area contributed by atoms with Gasteiger partial charge in [0.2, 0.25) is 0 Å². The molecule has 0 saturated carbocycles. The van der Waals surface area contributed by atoms with Gasteiger partial charge in [-0.3, -0.25) is 9.69 Å². The van der Waals surface area contributed by atoms with Crippen LogP contribution in [-0.2, 0) is 0 Å². The van der Waals surface area contributed by atoms with Crippen LogP contribution in [0.5, 0.6) is 0 Å². The number of carbonyl (C=O) groups excluding carboxylic acids is 1. The first-order valence-corrected chi connectivity index (χ1v) is 8.88. The molecular weight excluding hydrogens is 316 g/mol. The molecule has 1 aliphatic heterocycles. The van der Waals surface area contributed by atoms with Gasteiger partial charge in [-0.2, -0.15) is 5.10 Å². The molecule has 0 radical (unpaired) electrons. The summed E-state index contributed by atoms with van der Waals surface area (Å²) in [6.07, 6.45) is 4.26. The number of hydrogen-bond acceptors (Lipinski definition) is 4. The van der Waals surface area contributed by atoms with E-state index in [9.17, 15) is 9.90 Å². The van der Waals surface area contributed by atoms with Gasteiger partial charge in [-0.05, 0) is 43.2 Å². The Morgan fingerprint density at radius 3 is 2.44 bits per heavy atom. The van der Waals surface area contributed by atoms with Crippen molar-refractivity contribution in [1.29, 1.82) is 0 Å². The van der Waals surface area contributed by atoms with Crippen LogP contribution in [0.25, 0.3) is 5.69 Å². The van der Waals surface area contributed by atoms with Gasteiger partial charge in [0.15, 0.2) is 0 Å². The molecule has 0 bridgehead atoms. The summed E-state index contributed by atoms with van der Waals surface area (Å²) in [5, 5.41) is 14.0. The molecular formula is C19H26N4O2. The number of nitrogens with zero attached hydrogens (tertiary/aromatic N) is 4. The van der Waals surface area contributed by atoms with Crippen LogP contribution in [0.3, 0.4) is 0 Å². The summed E-state index contributed by atoms with van der Waals surface area (Å²) in [5.74, 6) is 0.0684. The van der Waals surface area contributed by atoms with E-state index in [1.807, 2.05) is 55.4 Å². The van der Waals surface area contributed by atoms with E-state index in [0.717, 1.165) is 30.8 Å². The summed E-state index contributed by atoms with van der Waals surface area (Å²) in [5.41, 5.74) is 2.75. The Bertz CT molecular complexity index is 702. The zero-order chi connectivity index (χ0) is 17.8. The third-order valence-corrected chi connectivity index (χ3v) is 4.69. The normalized spacial score (nSPS) is 16.8. The minimum absolute atomic E-state index is 0.0684. The molecule has 0 aliphatic carbocycles. The molecule has 1 saturated heterocycles. The molecule has 1 aromatic heterocycles. The first kappa shape index (κ1) is 17.6. The third kappa shape index (κ3) is 4.27. The van der Waals surface area contributed by atoms with Gasteiger partial charge < -0.3 is 10.0 Å². The van der Waals surface area contributed by atoms with E-state index >= 15 is 0 Å². The molecule has 1 aromatic carbocycles.